The van der Waals surface area contributed by atoms with Gasteiger partial charge in [-0.1, -0.05) is 36.4 Å². The number of rotatable bonds is 3. The highest BCUT2D eigenvalue weighted by molar-refractivity contribution is 5.96. The molecule has 0 radical (unpaired) electrons. The first-order valence-corrected chi connectivity index (χ1v) is 9.49. The van der Waals surface area contributed by atoms with E-state index in [0.717, 1.165) is 31.5 Å². The molecule has 0 aliphatic carbocycles. The first kappa shape index (κ1) is 20.3. The van der Waals surface area contributed by atoms with Crippen molar-refractivity contribution in [2.24, 2.45) is 5.73 Å². The molecule has 6 nitrogen and oxygen atoms in total. The Morgan fingerprint density at radius 2 is 1.46 bits per heavy atom. The van der Waals surface area contributed by atoms with Crippen LogP contribution in [0, 0.1) is 0 Å². The van der Waals surface area contributed by atoms with Gasteiger partial charge in [0.05, 0.1) is 0 Å². The van der Waals surface area contributed by atoms with Crippen LogP contribution in [0.2, 0.25) is 0 Å². The van der Waals surface area contributed by atoms with E-state index in [9.17, 15) is 9.59 Å². The van der Waals surface area contributed by atoms with Crippen molar-refractivity contribution < 1.29 is 9.59 Å². The summed E-state index contributed by atoms with van der Waals surface area (Å²) in [5.74, 6) is -0.146. The number of nitrogens with two attached hydrogens (primary N) is 1. The molecule has 7 heteroatoms. The molecule has 2 fully saturated rings. The normalized spacial score (nSPS) is 21.5. The monoisotopic (exact) mass is 400 g/mol. The minimum Gasteiger partial charge on any atom is -0.337 e. The lowest BCUT2D eigenvalue weighted by Crippen LogP contribution is -2.33. The molecule has 148 valence electrons. The van der Waals surface area contributed by atoms with E-state index in [-0.39, 0.29) is 36.2 Å². The van der Waals surface area contributed by atoms with Crippen molar-refractivity contribution in [1.82, 2.24) is 14.8 Å². The van der Waals surface area contributed by atoms with E-state index >= 15 is 0 Å². The molecule has 28 heavy (non-hydrogen) atoms. The fourth-order valence-corrected chi connectivity index (χ4v) is 3.96. The Balaban J connectivity index is 0.00000225. The first-order valence-electron chi connectivity index (χ1n) is 9.49. The Morgan fingerprint density at radius 1 is 0.857 bits per heavy atom. The zero-order valence-corrected chi connectivity index (χ0v) is 16.5. The standard InChI is InChI=1S/C21H24N4O2.ClH/c22-17-14-25(13-16(17)15-7-2-1-3-8-15)21(27)19-10-6-9-18(23-19)20(26)24-11-4-5-12-24;/h1-3,6-10,16-17H,4-5,11-14,22H2;1H/t16-,17+;/m0./s1. The highest BCUT2D eigenvalue weighted by atomic mass is 35.5. The minimum absolute atomic E-state index is 0. The molecule has 2 atom stereocenters. The Labute approximate surface area is 171 Å². The van der Waals surface area contributed by atoms with Gasteiger partial charge in [-0.15, -0.1) is 12.4 Å². The highest BCUT2D eigenvalue weighted by Gasteiger charge is 2.34. The molecule has 3 heterocycles. The third-order valence-corrected chi connectivity index (χ3v) is 5.46. The number of nitrogens with zero attached hydrogens (tertiary/aromatic N) is 3. The summed E-state index contributed by atoms with van der Waals surface area (Å²) in [5.41, 5.74) is 8.09. The molecule has 0 spiro atoms. The number of hydrogen-bond acceptors (Lipinski definition) is 4. The summed E-state index contributed by atoms with van der Waals surface area (Å²) in [6.45, 7) is 2.58. The van der Waals surface area contributed by atoms with Gasteiger partial charge in [0.1, 0.15) is 11.4 Å². The van der Waals surface area contributed by atoms with Crippen molar-refractivity contribution in [1.29, 1.82) is 0 Å². The van der Waals surface area contributed by atoms with Crippen LogP contribution in [-0.2, 0) is 0 Å². The second-order valence-electron chi connectivity index (χ2n) is 7.30. The Hall–Kier alpha value is -2.44. The molecule has 2 aliphatic heterocycles. The predicted octanol–water partition coefficient (Wildman–Crippen LogP) is 2.31. The summed E-state index contributed by atoms with van der Waals surface area (Å²) < 4.78 is 0. The average Bonchev–Trinajstić information content (AvgIpc) is 3.37. The predicted molar refractivity (Wildman–Crippen MR) is 110 cm³/mol. The van der Waals surface area contributed by atoms with Gasteiger partial charge in [-0.05, 0) is 30.5 Å². The number of carbonyl (C=O) groups excluding carboxylic acids is 2. The quantitative estimate of drug-likeness (QED) is 0.857. The molecule has 1 aromatic carbocycles. The molecule has 1 aromatic heterocycles. The topological polar surface area (TPSA) is 79.5 Å². The Morgan fingerprint density at radius 3 is 2.11 bits per heavy atom. The van der Waals surface area contributed by atoms with Gasteiger partial charge < -0.3 is 15.5 Å². The Bertz CT molecular complexity index is 839. The van der Waals surface area contributed by atoms with Gasteiger partial charge in [0, 0.05) is 38.1 Å². The number of amides is 2. The van der Waals surface area contributed by atoms with Crippen LogP contribution in [0.15, 0.2) is 48.5 Å². The maximum Gasteiger partial charge on any atom is 0.272 e. The van der Waals surface area contributed by atoms with Crippen molar-refractivity contribution in [3.8, 4) is 0 Å². The molecule has 2 aromatic rings. The van der Waals surface area contributed by atoms with Crippen LogP contribution in [-0.4, -0.2) is 58.8 Å². The van der Waals surface area contributed by atoms with Gasteiger partial charge in [-0.2, -0.15) is 0 Å². The second-order valence-corrected chi connectivity index (χ2v) is 7.30. The van der Waals surface area contributed by atoms with Crippen molar-refractivity contribution in [3.05, 3.63) is 65.5 Å². The lowest BCUT2D eigenvalue weighted by Gasteiger charge is -2.17. The molecule has 2 saturated heterocycles. The van der Waals surface area contributed by atoms with Gasteiger partial charge in [0.2, 0.25) is 0 Å². The van der Waals surface area contributed by atoms with Crippen LogP contribution in [0.5, 0.6) is 0 Å². The van der Waals surface area contributed by atoms with Crippen LogP contribution in [0.3, 0.4) is 0 Å². The summed E-state index contributed by atoms with van der Waals surface area (Å²) in [4.78, 5) is 33.4. The molecule has 2 aliphatic rings. The molecule has 0 bridgehead atoms. The summed E-state index contributed by atoms with van der Waals surface area (Å²) in [6, 6.07) is 15.0. The van der Waals surface area contributed by atoms with Gasteiger partial charge in [0.25, 0.3) is 11.8 Å². The molecular weight excluding hydrogens is 376 g/mol. The van der Waals surface area contributed by atoms with Gasteiger partial charge in [-0.3, -0.25) is 9.59 Å². The third kappa shape index (κ3) is 4.03. The SMILES string of the molecule is Cl.N[C@@H]1CN(C(=O)c2cccc(C(=O)N3CCCC3)n2)C[C@H]1c1ccccc1. The van der Waals surface area contributed by atoms with E-state index in [4.69, 9.17) is 5.73 Å². The fraction of sp³-hybridized carbons (Fsp3) is 0.381. The molecule has 0 saturated carbocycles. The lowest BCUT2D eigenvalue weighted by atomic mass is 9.95. The molecule has 0 unspecified atom stereocenters. The van der Waals surface area contributed by atoms with Gasteiger partial charge in [-0.25, -0.2) is 4.98 Å². The van der Waals surface area contributed by atoms with Crippen molar-refractivity contribution in [2.45, 2.75) is 24.8 Å². The van der Waals surface area contributed by atoms with Crippen molar-refractivity contribution >= 4 is 24.2 Å². The van der Waals surface area contributed by atoms with E-state index in [1.165, 1.54) is 0 Å². The Kier molecular flexibility index (Phi) is 6.31. The zero-order chi connectivity index (χ0) is 18.8. The fourth-order valence-electron chi connectivity index (χ4n) is 3.96. The van der Waals surface area contributed by atoms with Crippen molar-refractivity contribution in [2.75, 3.05) is 26.2 Å². The number of halogens is 1. The van der Waals surface area contributed by atoms with Crippen molar-refractivity contribution in [3.63, 3.8) is 0 Å². The summed E-state index contributed by atoms with van der Waals surface area (Å²) in [7, 11) is 0. The number of hydrogen-bond donors (Lipinski definition) is 1. The average molecular weight is 401 g/mol. The first-order chi connectivity index (χ1) is 13.1. The minimum atomic E-state index is -0.167. The van der Waals surface area contributed by atoms with E-state index in [1.807, 2.05) is 30.3 Å². The van der Waals surface area contributed by atoms with Gasteiger partial charge in [0.15, 0.2) is 0 Å². The van der Waals surface area contributed by atoms with E-state index in [1.54, 1.807) is 28.0 Å². The van der Waals surface area contributed by atoms with Crippen LogP contribution < -0.4 is 5.73 Å². The molecule has 2 amide bonds. The van der Waals surface area contributed by atoms with Crippen LogP contribution in [0.1, 0.15) is 45.3 Å². The van der Waals surface area contributed by atoms with Crippen LogP contribution in [0.25, 0.3) is 0 Å². The largest absolute Gasteiger partial charge is 0.337 e. The van der Waals surface area contributed by atoms with Gasteiger partial charge >= 0.3 is 0 Å². The second kappa shape index (κ2) is 8.71. The maximum absolute atomic E-state index is 12.9. The number of likely N-dealkylation sites (tertiary alicyclic amines) is 2. The molecule has 4 rings (SSSR count). The van der Waals surface area contributed by atoms with E-state index in [2.05, 4.69) is 4.98 Å². The maximum atomic E-state index is 12.9. The van der Waals surface area contributed by atoms with E-state index in [0.29, 0.717) is 24.5 Å². The zero-order valence-electron chi connectivity index (χ0n) is 15.7. The number of carbonyl (C=O) groups is 2. The smallest absolute Gasteiger partial charge is 0.272 e. The number of pyridine rings is 1. The van der Waals surface area contributed by atoms with E-state index < -0.39 is 0 Å². The number of aromatic nitrogens is 1. The summed E-state index contributed by atoms with van der Waals surface area (Å²) in [5, 5.41) is 0. The molecule has 2 N–H and O–H groups in total. The summed E-state index contributed by atoms with van der Waals surface area (Å²) in [6.07, 6.45) is 2.05. The highest BCUT2D eigenvalue weighted by Crippen LogP contribution is 2.27. The third-order valence-electron chi connectivity index (χ3n) is 5.46. The van der Waals surface area contributed by atoms with Crippen LogP contribution >= 0.6 is 12.4 Å². The molecular formula is C21H25ClN4O2. The summed E-state index contributed by atoms with van der Waals surface area (Å²) >= 11 is 0. The lowest BCUT2D eigenvalue weighted by molar-refractivity contribution is 0.0778. The number of benzene rings is 1. The van der Waals surface area contributed by atoms with Crippen LogP contribution in [0.4, 0.5) is 0 Å².